The number of nitrogens with one attached hydrogen (secondary N) is 1. The lowest BCUT2D eigenvalue weighted by atomic mass is 10.1. The molecule has 2 aromatic rings. The first-order valence-electron chi connectivity index (χ1n) is 11.5. The Kier molecular flexibility index (Phi) is 7.17. The molecule has 1 saturated heterocycles. The zero-order valence-corrected chi connectivity index (χ0v) is 19.1. The maximum Gasteiger partial charge on any atom is 0.238 e. The number of amides is 2. The highest BCUT2D eigenvalue weighted by Crippen LogP contribution is 2.28. The van der Waals surface area contributed by atoms with Gasteiger partial charge in [0.05, 0.1) is 13.1 Å². The summed E-state index contributed by atoms with van der Waals surface area (Å²) in [6, 6.07) is 10.5. The van der Waals surface area contributed by atoms with Crippen molar-refractivity contribution in [3.8, 4) is 0 Å². The highest BCUT2D eigenvalue weighted by molar-refractivity contribution is 5.93. The Bertz CT molecular complexity index is 916. The van der Waals surface area contributed by atoms with Gasteiger partial charge < -0.3 is 10.2 Å². The van der Waals surface area contributed by atoms with E-state index in [1.165, 1.54) is 0 Å². The number of anilines is 1. The number of benzene rings is 1. The van der Waals surface area contributed by atoms with Crippen LogP contribution in [0.5, 0.6) is 0 Å². The van der Waals surface area contributed by atoms with Crippen molar-refractivity contribution >= 4 is 17.5 Å². The molecule has 1 N–H and O–H groups in total. The first kappa shape index (κ1) is 22.4. The van der Waals surface area contributed by atoms with Crippen molar-refractivity contribution in [1.82, 2.24) is 19.7 Å². The Balaban J connectivity index is 1.24. The fourth-order valence-electron chi connectivity index (χ4n) is 4.30. The third-order valence-corrected chi connectivity index (χ3v) is 6.35. The van der Waals surface area contributed by atoms with Crippen LogP contribution in [0.2, 0.25) is 0 Å². The van der Waals surface area contributed by atoms with Crippen LogP contribution in [0.1, 0.15) is 29.5 Å². The molecule has 7 heteroatoms. The second-order valence-electron chi connectivity index (χ2n) is 8.97. The van der Waals surface area contributed by atoms with Gasteiger partial charge in [0, 0.05) is 56.8 Å². The molecule has 170 valence electrons. The van der Waals surface area contributed by atoms with E-state index in [2.05, 4.69) is 26.2 Å². The van der Waals surface area contributed by atoms with Gasteiger partial charge in [-0.2, -0.15) is 0 Å². The van der Waals surface area contributed by atoms with Crippen LogP contribution in [0.4, 0.5) is 5.69 Å². The van der Waals surface area contributed by atoms with Crippen LogP contribution in [0.15, 0.2) is 42.7 Å². The highest BCUT2D eigenvalue weighted by Gasteiger charge is 2.32. The summed E-state index contributed by atoms with van der Waals surface area (Å²) in [6.07, 6.45) is 5.98. The van der Waals surface area contributed by atoms with Crippen LogP contribution < -0.4 is 5.32 Å². The van der Waals surface area contributed by atoms with E-state index < -0.39 is 0 Å². The molecule has 32 heavy (non-hydrogen) atoms. The number of rotatable bonds is 8. The molecule has 4 rings (SSSR count). The molecular weight excluding hydrogens is 402 g/mol. The Labute approximate surface area is 190 Å². The van der Waals surface area contributed by atoms with Gasteiger partial charge >= 0.3 is 0 Å². The standard InChI is InChI=1S/C25H33N5O2/c1-19-5-3-6-20(2)25(19)27-23(31)17-28-11-13-29(14-12-28)24(32)18-30(22-8-9-22)16-21-7-4-10-26-15-21/h3-7,10,15,22H,8-9,11-14,16-18H2,1-2H3,(H,27,31). The summed E-state index contributed by atoms with van der Waals surface area (Å²) < 4.78 is 0. The molecule has 0 spiro atoms. The second kappa shape index (κ2) is 10.2. The lowest BCUT2D eigenvalue weighted by molar-refractivity contribution is -0.134. The Morgan fingerprint density at radius 1 is 1.06 bits per heavy atom. The molecule has 1 aliphatic carbocycles. The van der Waals surface area contributed by atoms with E-state index in [9.17, 15) is 9.59 Å². The Hall–Kier alpha value is -2.77. The van der Waals surface area contributed by atoms with Gasteiger partial charge in [-0.25, -0.2) is 0 Å². The maximum absolute atomic E-state index is 12.9. The largest absolute Gasteiger partial charge is 0.339 e. The van der Waals surface area contributed by atoms with Crippen LogP contribution in [-0.2, 0) is 16.1 Å². The molecule has 2 heterocycles. The summed E-state index contributed by atoms with van der Waals surface area (Å²) in [5.41, 5.74) is 4.19. The fourth-order valence-corrected chi connectivity index (χ4v) is 4.30. The van der Waals surface area contributed by atoms with Gasteiger partial charge in [0.15, 0.2) is 0 Å². The summed E-state index contributed by atoms with van der Waals surface area (Å²) in [7, 11) is 0. The summed E-state index contributed by atoms with van der Waals surface area (Å²) in [5, 5.41) is 3.06. The minimum Gasteiger partial charge on any atom is -0.339 e. The predicted molar refractivity (Wildman–Crippen MR) is 125 cm³/mol. The lowest BCUT2D eigenvalue weighted by Crippen LogP contribution is -2.52. The molecule has 7 nitrogen and oxygen atoms in total. The smallest absolute Gasteiger partial charge is 0.238 e. The van der Waals surface area contributed by atoms with Gasteiger partial charge in [0.25, 0.3) is 0 Å². The quantitative estimate of drug-likeness (QED) is 0.690. The number of aromatic nitrogens is 1. The summed E-state index contributed by atoms with van der Waals surface area (Å²) >= 11 is 0. The number of hydrogen-bond donors (Lipinski definition) is 1. The molecule has 1 aliphatic heterocycles. The van der Waals surface area contributed by atoms with Gasteiger partial charge in [-0.3, -0.25) is 24.4 Å². The van der Waals surface area contributed by atoms with Crippen LogP contribution in [0.25, 0.3) is 0 Å². The van der Waals surface area contributed by atoms with E-state index in [1.807, 2.05) is 49.2 Å². The number of nitrogens with zero attached hydrogens (tertiary/aromatic N) is 4. The van der Waals surface area contributed by atoms with Crippen LogP contribution >= 0.6 is 0 Å². The molecule has 1 saturated carbocycles. The predicted octanol–water partition coefficient (Wildman–Crippen LogP) is 2.45. The van der Waals surface area contributed by atoms with Crippen molar-refractivity contribution in [2.45, 2.75) is 39.3 Å². The topological polar surface area (TPSA) is 68.8 Å². The number of piperazine rings is 1. The van der Waals surface area contributed by atoms with Gasteiger partial charge in [-0.05, 0) is 49.4 Å². The third-order valence-electron chi connectivity index (χ3n) is 6.35. The van der Waals surface area contributed by atoms with E-state index in [4.69, 9.17) is 0 Å². The zero-order valence-electron chi connectivity index (χ0n) is 19.1. The van der Waals surface area contributed by atoms with Crippen molar-refractivity contribution in [2.75, 3.05) is 44.6 Å². The third kappa shape index (κ3) is 5.93. The molecule has 1 aromatic carbocycles. The van der Waals surface area contributed by atoms with E-state index in [0.717, 1.165) is 54.9 Å². The van der Waals surface area contributed by atoms with Gasteiger partial charge in [0.2, 0.25) is 11.8 Å². The van der Waals surface area contributed by atoms with Crippen molar-refractivity contribution in [3.05, 3.63) is 59.4 Å². The molecular formula is C25H33N5O2. The molecule has 0 atom stereocenters. The maximum atomic E-state index is 12.9. The average Bonchev–Trinajstić information content (AvgIpc) is 3.63. The lowest BCUT2D eigenvalue weighted by Gasteiger charge is -2.35. The fraction of sp³-hybridized carbons (Fsp3) is 0.480. The van der Waals surface area contributed by atoms with Crippen molar-refractivity contribution in [3.63, 3.8) is 0 Å². The van der Waals surface area contributed by atoms with E-state index in [-0.39, 0.29) is 11.8 Å². The molecule has 2 aliphatic rings. The van der Waals surface area contributed by atoms with Crippen LogP contribution in [0, 0.1) is 13.8 Å². The molecule has 2 amide bonds. The second-order valence-corrected chi connectivity index (χ2v) is 8.97. The first-order valence-corrected chi connectivity index (χ1v) is 11.5. The average molecular weight is 436 g/mol. The molecule has 0 radical (unpaired) electrons. The monoisotopic (exact) mass is 435 g/mol. The molecule has 0 unspecified atom stereocenters. The van der Waals surface area contributed by atoms with E-state index >= 15 is 0 Å². The van der Waals surface area contributed by atoms with E-state index in [0.29, 0.717) is 32.2 Å². The summed E-state index contributed by atoms with van der Waals surface area (Å²) in [5.74, 6) is 0.180. The number of hydrogen-bond acceptors (Lipinski definition) is 5. The minimum atomic E-state index is -0.00134. The summed E-state index contributed by atoms with van der Waals surface area (Å²) in [6.45, 7) is 8.36. The van der Waals surface area contributed by atoms with Crippen molar-refractivity contribution < 1.29 is 9.59 Å². The highest BCUT2D eigenvalue weighted by atomic mass is 16.2. The normalized spacial score (nSPS) is 16.9. The first-order chi connectivity index (χ1) is 15.5. The molecule has 0 bridgehead atoms. The Morgan fingerprint density at radius 3 is 2.41 bits per heavy atom. The minimum absolute atomic E-state index is 0.00134. The van der Waals surface area contributed by atoms with Crippen molar-refractivity contribution in [1.29, 1.82) is 0 Å². The molecule has 1 aromatic heterocycles. The van der Waals surface area contributed by atoms with Gasteiger partial charge in [-0.1, -0.05) is 24.3 Å². The summed E-state index contributed by atoms with van der Waals surface area (Å²) in [4.78, 5) is 36.0. The van der Waals surface area contributed by atoms with Gasteiger partial charge in [-0.15, -0.1) is 0 Å². The van der Waals surface area contributed by atoms with Crippen LogP contribution in [-0.4, -0.2) is 76.8 Å². The van der Waals surface area contributed by atoms with Crippen LogP contribution in [0.3, 0.4) is 0 Å². The zero-order chi connectivity index (χ0) is 22.5. The number of pyridine rings is 1. The van der Waals surface area contributed by atoms with E-state index in [1.54, 1.807) is 6.20 Å². The number of carbonyl (C=O) groups excluding carboxylic acids is 2. The SMILES string of the molecule is Cc1cccc(C)c1NC(=O)CN1CCN(C(=O)CN(Cc2cccnc2)C2CC2)CC1. The Morgan fingerprint density at radius 2 is 1.78 bits per heavy atom. The van der Waals surface area contributed by atoms with Crippen molar-refractivity contribution in [2.24, 2.45) is 0 Å². The van der Waals surface area contributed by atoms with Gasteiger partial charge in [0.1, 0.15) is 0 Å². The number of carbonyl (C=O) groups is 2. The molecule has 2 fully saturated rings. The number of para-hydroxylation sites is 1. The number of aryl methyl sites for hydroxylation is 2.